The first kappa shape index (κ1) is 60.1. The van der Waals surface area contributed by atoms with Crippen molar-refractivity contribution in [2.45, 2.75) is 77.0 Å². The van der Waals surface area contributed by atoms with Crippen LogP contribution < -0.4 is 19.9 Å². The number of aromatic nitrogens is 4. The van der Waals surface area contributed by atoms with Gasteiger partial charge in [-0.2, -0.15) is 22.8 Å². The quantitative estimate of drug-likeness (QED) is 0.135. The smallest absolute Gasteiger partial charge is 2.00 e. The van der Waals surface area contributed by atoms with Crippen LogP contribution in [0.15, 0.2) is 153 Å². The summed E-state index contributed by atoms with van der Waals surface area (Å²) in [7, 11) is 0. The van der Waals surface area contributed by atoms with Gasteiger partial charge in [-0.15, -0.1) is 22.8 Å². The molecule has 4 aliphatic heterocycles. The Kier molecular flexibility index (Phi) is 26.5. The molecule has 0 unspecified atom stereocenters. The number of para-hydroxylation sites is 4. The first-order valence-electron chi connectivity index (χ1n) is 23.4. The summed E-state index contributed by atoms with van der Waals surface area (Å²) in [6, 6.07) is 43.6. The minimum Gasteiger partial charge on any atom is -2.00 e. The zero-order chi connectivity index (χ0) is 46.6. The summed E-state index contributed by atoms with van der Waals surface area (Å²) >= 11 is 0. The van der Waals surface area contributed by atoms with Crippen molar-refractivity contribution in [1.29, 1.82) is 0 Å². The van der Waals surface area contributed by atoms with E-state index in [4.69, 9.17) is 54.1 Å². The van der Waals surface area contributed by atoms with E-state index >= 15 is 0 Å². The van der Waals surface area contributed by atoms with E-state index in [1.807, 2.05) is 133 Å². The third kappa shape index (κ3) is 18.4. The Morgan fingerprint density at radius 3 is 0.732 bits per heavy atom. The number of aliphatic imine (C=N–C) groups is 4. The molecule has 8 bridgehead atoms. The zero-order valence-electron chi connectivity index (χ0n) is 41.0. The Hall–Kier alpha value is -5.17. The summed E-state index contributed by atoms with van der Waals surface area (Å²) in [4.78, 5) is 38.5. The molecule has 371 valence electrons. The van der Waals surface area contributed by atoms with Gasteiger partial charge in [0.1, 0.15) is 0 Å². The van der Waals surface area contributed by atoms with Crippen LogP contribution in [0.1, 0.15) is 112 Å². The Bertz CT molecular complexity index is 2300. The van der Waals surface area contributed by atoms with E-state index in [0.717, 1.165) is 108 Å². The number of benzene rings is 3. The van der Waals surface area contributed by atoms with E-state index in [9.17, 15) is 0 Å². The molecule has 7 aromatic rings. The van der Waals surface area contributed by atoms with Crippen LogP contribution in [0.3, 0.4) is 0 Å². The second-order valence-corrected chi connectivity index (χ2v) is 17.4. The van der Waals surface area contributed by atoms with Crippen molar-refractivity contribution < 1.29 is 73.3 Å². The molecule has 0 aliphatic carbocycles. The molecule has 13 nitrogen and oxygen atoms in total. The van der Waals surface area contributed by atoms with Gasteiger partial charge in [0.25, 0.3) is 0 Å². The molecule has 3 fully saturated rings. The molecule has 0 N–H and O–H groups in total. The molecule has 8 heterocycles. The van der Waals surface area contributed by atoms with E-state index in [0.29, 0.717) is 0 Å². The van der Waals surface area contributed by atoms with Crippen molar-refractivity contribution in [2.75, 3.05) is 39.6 Å². The molecule has 0 amide bonds. The fourth-order valence-corrected chi connectivity index (χ4v) is 7.28. The summed E-state index contributed by atoms with van der Waals surface area (Å²) in [6.07, 6.45) is 14.8. The van der Waals surface area contributed by atoms with Gasteiger partial charge in [0.2, 0.25) is 0 Å². The zero-order valence-corrected chi connectivity index (χ0v) is 46.3. The summed E-state index contributed by atoms with van der Waals surface area (Å²) in [5, 5.41) is 0. The van der Waals surface area contributed by atoms with Gasteiger partial charge >= 0.3 is 31.1 Å². The monoisotopic (exact) mass is 1220 g/mol. The van der Waals surface area contributed by atoms with Crippen LogP contribution in [0.5, 0.6) is 0 Å². The third-order valence-electron chi connectivity index (χ3n) is 11.5. The van der Waals surface area contributed by atoms with E-state index in [-0.39, 0.29) is 59.1 Å². The van der Waals surface area contributed by atoms with Crippen molar-refractivity contribution in [1.82, 2.24) is 19.9 Å². The van der Waals surface area contributed by atoms with Crippen LogP contribution >= 0.6 is 0 Å². The fourth-order valence-electron chi connectivity index (χ4n) is 7.28. The maximum atomic E-state index is 4.94. The molecule has 3 saturated heterocycles. The third-order valence-corrected chi connectivity index (χ3v) is 11.5. The Balaban J connectivity index is 0.000000438. The van der Waals surface area contributed by atoms with Crippen LogP contribution in [0.4, 0.5) is 22.7 Å². The topological polar surface area (TPSA) is 191 Å². The second-order valence-electron chi connectivity index (χ2n) is 17.4. The van der Waals surface area contributed by atoms with E-state index in [1.165, 1.54) is 38.5 Å². The van der Waals surface area contributed by atoms with Gasteiger partial charge in [-0.3, -0.25) is 20.0 Å². The van der Waals surface area contributed by atoms with Gasteiger partial charge in [-0.25, -0.2) is 0 Å². The fraction of sp³-hybridized carbons (Fsp3) is 0.321. The van der Waals surface area contributed by atoms with Gasteiger partial charge in [0, 0.05) is 81.6 Å². The summed E-state index contributed by atoms with van der Waals surface area (Å²) in [5.74, 6) is 0. The molecule has 0 atom stereocenters. The van der Waals surface area contributed by atoms with Gasteiger partial charge in [-0.1, -0.05) is 137 Å². The predicted octanol–water partition coefficient (Wildman–Crippen LogP) is 11.3. The molecular formula is C56H62MnN8O5U-4. The van der Waals surface area contributed by atoms with Gasteiger partial charge in [-0.05, 0) is 73.6 Å². The molecule has 11 rings (SSSR count). The minimum atomic E-state index is -0.418. The van der Waals surface area contributed by atoms with Crippen LogP contribution in [0, 0.1) is 31.1 Å². The van der Waals surface area contributed by atoms with Crippen molar-refractivity contribution in [3.05, 3.63) is 179 Å². The number of hydrogen-bond donors (Lipinski definition) is 0. The van der Waals surface area contributed by atoms with E-state index in [1.54, 1.807) is 24.9 Å². The minimum absolute atomic E-state index is 0. The maximum Gasteiger partial charge on any atom is 4.00 e. The standard InChI is InChI=1S/C38H32N8.C6H6.3C4H8O.Mn.2O.U/c1-37(2)33-17-13-25(43-33)21-39-29-9-5-7-11-31(29)41-23-27-15-19-35(45-27)38(3,4)36-20-16-28(46-36)24-42-32-12-8-6-10-30(32)40-22-26-14-18-34(37)44-26;1-2-4-6-5-3-1;3*1-2-4-5-3-1;;;;/h5-24H,1-4H3;1-6H;3*1-4H2;;;;/q-4;;;;;;2*-2;+4. The number of ether oxygens (including phenoxy) is 3. The first-order valence-corrected chi connectivity index (χ1v) is 23.4. The average molecular weight is 1220 g/mol. The number of nitrogens with zero attached hydrogens (tertiary/aromatic N) is 8. The van der Waals surface area contributed by atoms with Crippen molar-refractivity contribution in [3.8, 4) is 0 Å². The molecule has 4 aliphatic rings. The first-order chi connectivity index (χ1) is 32.8. The van der Waals surface area contributed by atoms with Crippen molar-refractivity contribution in [2.24, 2.45) is 20.0 Å². The molecule has 4 aromatic heterocycles. The SMILES string of the molecule is C1CCOC1.C1CCOC1.C1CCOC1.CC1(C)c2ccc([n-]2)C=Nc2ccccc2N=Cc2ccc([n-]2)C(C)(C)c2ccc([n-]2)C=Nc2ccccc2N=Cc2ccc1[n-]2.[Mn].[O-2].[O-2].[U+4].c1ccccc1. The van der Waals surface area contributed by atoms with Crippen LogP contribution in [0.25, 0.3) is 0 Å². The predicted molar refractivity (Wildman–Crippen MR) is 273 cm³/mol. The molecule has 15 heteroatoms. The Morgan fingerprint density at radius 2 is 0.549 bits per heavy atom. The van der Waals surface area contributed by atoms with Crippen LogP contribution in [-0.2, 0) is 53.1 Å². The molecule has 0 saturated carbocycles. The summed E-state index contributed by atoms with van der Waals surface area (Å²) in [5.41, 5.74) is 8.85. The second kappa shape index (κ2) is 31.3. The van der Waals surface area contributed by atoms with E-state index < -0.39 is 10.8 Å². The molecule has 3 aromatic carbocycles. The van der Waals surface area contributed by atoms with Crippen LogP contribution in [0.2, 0.25) is 0 Å². The normalized spacial score (nSPS) is 15.7. The molecule has 1 radical (unpaired) electrons. The van der Waals surface area contributed by atoms with Crippen molar-refractivity contribution >= 4 is 47.6 Å². The van der Waals surface area contributed by atoms with Gasteiger partial charge in [0.05, 0.1) is 22.7 Å². The largest absolute Gasteiger partial charge is 4.00 e. The van der Waals surface area contributed by atoms with Crippen molar-refractivity contribution in [3.63, 3.8) is 0 Å². The number of rotatable bonds is 0. The average Bonchev–Trinajstić information content (AvgIpc) is 4.22. The number of hydrogen-bond acceptors (Lipinski definition) is 7. The van der Waals surface area contributed by atoms with E-state index in [2.05, 4.69) is 27.7 Å². The summed E-state index contributed by atoms with van der Waals surface area (Å²) in [6.45, 7) is 14.5. The maximum absolute atomic E-state index is 4.94. The molecular weight excluding hydrogens is 1160 g/mol. The van der Waals surface area contributed by atoms with Gasteiger partial charge in [0.15, 0.2) is 0 Å². The number of fused-ring (bicyclic) bond motifs is 10. The Morgan fingerprint density at radius 1 is 0.338 bits per heavy atom. The van der Waals surface area contributed by atoms with Crippen LogP contribution in [-0.4, -0.2) is 64.5 Å². The summed E-state index contributed by atoms with van der Waals surface area (Å²) < 4.78 is 14.8. The van der Waals surface area contributed by atoms with Gasteiger partial charge < -0.3 is 45.1 Å². The molecule has 71 heavy (non-hydrogen) atoms. The molecule has 0 spiro atoms. The Labute approximate surface area is 453 Å².